The third kappa shape index (κ3) is 8.42. The van der Waals surface area contributed by atoms with Crippen LogP contribution in [0.2, 0.25) is 0 Å². The molecule has 3 aromatic carbocycles. The smallest absolute Gasteiger partial charge is 0.326 e. The molecule has 3 rings (SSSR count). The summed E-state index contributed by atoms with van der Waals surface area (Å²) in [5.41, 5.74) is 7.34. The number of rotatable bonds is 11. The van der Waals surface area contributed by atoms with Crippen LogP contribution in [0.3, 0.4) is 0 Å². The summed E-state index contributed by atoms with van der Waals surface area (Å²) in [5, 5.41) is 12.3. The van der Waals surface area contributed by atoms with Gasteiger partial charge in [-0.15, -0.1) is 0 Å². The molecule has 0 spiro atoms. The second-order valence-electron chi connectivity index (χ2n) is 8.84. The molecule has 7 nitrogen and oxygen atoms in total. The SMILES string of the molecule is C[C@H]([NH3+])P(=O)(O)C[C@@H](Cc1ccc(-c2ccccc2)cc1)C(=O)N[C@@H](Cc1ccccc1)C(=O)O.[Br-]. The highest BCUT2D eigenvalue weighted by Crippen LogP contribution is 2.45. The van der Waals surface area contributed by atoms with E-state index < -0.39 is 37.0 Å². The van der Waals surface area contributed by atoms with Crippen molar-refractivity contribution in [3.8, 4) is 11.1 Å². The molecule has 0 radical (unpaired) electrons. The Hall–Kier alpha value is -2.77. The van der Waals surface area contributed by atoms with Gasteiger partial charge in [-0.05, 0) is 35.6 Å². The van der Waals surface area contributed by atoms with Crippen molar-refractivity contribution < 1.29 is 46.9 Å². The number of carbonyl (C=O) groups excluding carboxylic acids is 1. The molecule has 0 bridgehead atoms. The van der Waals surface area contributed by atoms with Gasteiger partial charge < -0.3 is 38.0 Å². The lowest BCUT2D eigenvalue weighted by Crippen LogP contribution is -3.00. The van der Waals surface area contributed by atoms with E-state index in [0.717, 1.165) is 22.3 Å². The van der Waals surface area contributed by atoms with Crippen LogP contribution >= 0.6 is 7.37 Å². The Kier molecular flexibility index (Phi) is 11.1. The van der Waals surface area contributed by atoms with Crippen molar-refractivity contribution in [3.63, 3.8) is 0 Å². The van der Waals surface area contributed by atoms with Crippen LogP contribution in [-0.2, 0) is 27.0 Å². The summed E-state index contributed by atoms with van der Waals surface area (Å²) in [7, 11) is -3.72. The Labute approximate surface area is 222 Å². The van der Waals surface area contributed by atoms with Crippen molar-refractivity contribution in [3.05, 3.63) is 96.1 Å². The van der Waals surface area contributed by atoms with Gasteiger partial charge in [0.2, 0.25) is 5.91 Å². The van der Waals surface area contributed by atoms with Crippen LogP contribution in [0.25, 0.3) is 11.1 Å². The average Bonchev–Trinajstić information content (AvgIpc) is 2.84. The maximum atomic E-state index is 13.2. The monoisotopic (exact) mass is 574 g/mol. The fraction of sp³-hybridized carbons (Fsp3) is 0.259. The molecular formula is C27H32BrN2O5P. The fourth-order valence-electron chi connectivity index (χ4n) is 3.82. The van der Waals surface area contributed by atoms with Gasteiger partial charge in [-0.2, -0.15) is 0 Å². The van der Waals surface area contributed by atoms with Crippen LogP contribution in [0, 0.1) is 5.92 Å². The number of aliphatic carboxylic acids is 1. The molecule has 0 aliphatic heterocycles. The molecule has 36 heavy (non-hydrogen) atoms. The zero-order valence-electron chi connectivity index (χ0n) is 20.1. The Morgan fingerprint density at radius 2 is 1.36 bits per heavy atom. The molecule has 9 heteroatoms. The second kappa shape index (κ2) is 13.5. The van der Waals surface area contributed by atoms with Crippen molar-refractivity contribution in [2.75, 3.05) is 6.16 Å². The van der Waals surface area contributed by atoms with E-state index in [-0.39, 0.29) is 36.0 Å². The first kappa shape index (κ1) is 29.5. The summed E-state index contributed by atoms with van der Waals surface area (Å²) in [4.78, 5) is 35.5. The van der Waals surface area contributed by atoms with E-state index in [1.165, 1.54) is 0 Å². The standard InChI is InChI=1S/C27H31N2O5P.BrH/c1-19(28)35(33,34)18-24(16-21-12-14-23(15-13-21)22-10-6-3-7-11-22)26(30)29-25(27(31)32)17-20-8-4-2-5-9-20;/h2-15,19,24-25H,16-18,28H2,1H3,(H,29,30)(H,31,32)(H,33,34);1H/t19-,24-,25+;/m1./s1. The molecule has 1 amide bonds. The van der Waals surface area contributed by atoms with Gasteiger partial charge in [0.1, 0.15) is 6.04 Å². The Bertz CT molecular complexity index is 1170. The van der Waals surface area contributed by atoms with Gasteiger partial charge in [0, 0.05) is 12.6 Å². The molecule has 192 valence electrons. The van der Waals surface area contributed by atoms with Gasteiger partial charge in [0.05, 0.1) is 5.92 Å². The van der Waals surface area contributed by atoms with Crippen molar-refractivity contribution in [2.45, 2.75) is 31.6 Å². The highest BCUT2D eigenvalue weighted by atomic mass is 79.9. The Balaban J connectivity index is 0.00000456. The van der Waals surface area contributed by atoms with E-state index in [9.17, 15) is 24.2 Å². The molecule has 3 aromatic rings. The van der Waals surface area contributed by atoms with E-state index in [1.54, 1.807) is 31.2 Å². The van der Waals surface area contributed by atoms with Crippen LogP contribution in [0.4, 0.5) is 0 Å². The summed E-state index contributed by atoms with van der Waals surface area (Å²) in [5.74, 6) is -3.35. The van der Waals surface area contributed by atoms with E-state index in [0.29, 0.717) is 0 Å². The lowest BCUT2D eigenvalue weighted by Gasteiger charge is -2.23. The number of hydrogen-bond acceptors (Lipinski definition) is 3. The van der Waals surface area contributed by atoms with Crippen LogP contribution in [0.5, 0.6) is 0 Å². The van der Waals surface area contributed by atoms with Gasteiger partial charge in [-0.25, -0.2) is 4.79 Å². The minimum atomic E-state index is -3.72. The topological polar surface area (TPSA) is 131 Å². The van der Waals surface area contributed by atoms with Gasteiger partial charge in [-0.3, -0.25) is 9.36 Å². The quantitative estimate of drug-likeness (QED) is 0.243. The zero-order chi connectivity index (χ0) is 25.4. The third-order valence-electron chi connectivity index (χ3n) is 5.98. The number of carboxylic acids is 1. The lowest BCUT2D eigenvalue weighted by molar-refractivity contribution is -0.385. The first-order chi connectivity index (χ1) is 16.7. The van der Waals surface area contributed by atoms with Gasteiger partial charge >= 0.3 is 5.97 Å². The number of carbonyl (C=O) groups is 2. The molecule has 0 saturated carbocycles. The maximum absolute atomic E-state index is 13.2. The number of carboxylic acid groups (broad SMARTS) is 1. The zero-order valence-corrected chi connectivity index (χ0v) is 22.6. The molecule has 1 unspecified atom stereocenters. The van der Waals surface area contributed by atoms with Crippen molar-refractivity contribution in [2.24, 2.45) is 5.92 Å². The van der Waals surface area contributed by atoms with E-state index in [2.05, 4.69) is 11.1 Å². The minimum absolute atomic E-state index is 0. The summed E-state index contributed by atoms with van der Waals surface area (Å²) < 4.78 is 12.8. The summed E-state index contributed by atoms with van der Waals surface area (Å²) in [6, 6.07) is 25.4. The first-order valence-electron chi connectivity index (χ1n) is 11.5. The molecular weight excluding hydrogens is 543 g/mol. The Morgan fingerprint density at radius 3 is 1.89 bits per heavy atom. The van der Waals surface area contributed by atoms with Crippen LogP contribution in [-0.4, -0.2) is 39.9 Å². The Morgan fingerprint density at radius 1 is 0.861 bits per heavy atom. The minimum Gasteiger partial charge on any atom is -1.00 e. The van der Waals surface area contributed by atoms with Crippen LogP contribution in [0.15, 0.2) is 84.9 Å². The summed E-state index contributed by atoms with van der Waals surface area (Å²) in [6.45, 7) is 1.54. The van der Waals surface area contributed by atoms with Crippen LogP contribution < -0.4 is 28.0 Å². The van der Waals surface area contributed by atoms with E-state index >= 15 is 0 Å². The number of nitrogens with one attached hydrogen (secondary N) is 1. The normalized spacial score (nSPS) is 15.0. The van der Waals surface area contributed by atoms with Gasteiger partial charge in [0.25, 0.3) is 7.37 Å². The van der Waals surface area contributed by atoms with Crippen molar-refractivity contribution in [1.29, 1.82) is 0 Å². The molecule has 0 aliphatic rings. The number of quaternary nitrogens is 1. The molecule has 4 atom stereocenters. The van der Waals surface area contributed by atoms with Crippen molar-refractivity contribution in [1.82, 2.24) is 5.32 Å². The average molecular weight is 575 g/mol. The largest absolute Gasteiger partial charge is 1.00 e. The van der Waals surface area contributed by atoms with E-state index in [4.69, 9.17) is 0 Å². The molecule has 0 aliphatic carbocycles. The number of amides is 1. The van der Waals surface area contributed by atoms with Gasteiger partial charge in [0.15, 0.2) is 5.78 Å². The molecule has 0 heterocycles. The second-order valence-corrected chi connectivity index (χ2v) is 11.6. The summed E-state index contributed by atoms with van der Waals surface area (Å²) in [6.07, 6.45) is 0.0421. The predicted molar refractivity (Wildman–Crippen MR) is 136 cm³/mol. The van der Waals surface area contributed by atoms with E-state index in [1.807, 2.05) is 60.7 Å². The highest BCUT2D eigenvalue weighted by Gasteiger charge is 2.35. The third-order valence-corrected chi connectivity index (χ3v) is 8.32. The number of halogens is 1. The first-order valence-corrected chi connectivity index (χ1v) is 13.4. The van der Waals surface area contributed by atoms with Crippen molar-refractivity contribution >= 4 is 19.2 Å². The fourth-order valence-corrected chi connectivity index (χ4v) is 5.11. The number of hydrogen-bond donors (Lipinski definition) is 4. The molecule has 6 N–H and O–H groups in total. The molecule has 0 saturated heterocycles. The summed E-state index contributed by atoms with van der Waals surface area (Å²) >= 11 is 0. The molecule has 0 fully saturated rings. The molecule has 0 aromatic heterocycles. The van der Waals surface area contributed by atoms with Gasteiger partial charge in [-0.1, -0.05) is 84.9 Å². The highest BCUT2D eigenvalue weighted by molar-refractivity contribution is 7.58. The predicted octanol–water partition coefficient (Wildman–Crippen LogP) is 0.187. The lowest BCUT2D eigenvalue weighted by atomic mass is 9.97. The van der Waals surface area contributed by atoms with Crippen LogP contribution in [0.1, 0.15) is 18.1 Å². The number of benzene rings is 3. The maximum Gasteiger partial charge on any atom is 0.326 e.